The van der Waals surface area contributed by atoms with Crippen molar-refractivity contribution < 1.29 is 4.43 Å². The van der Waals surface area contributed by atoms with Gasteiger partial charge < -0.3 is 4.43 Å². The summed E-state index contributed by atoms with van der Waals surface area (Å²) in [6.45, 7) is 17.6. The second-order valence-corrected chi connectivity index (χ2v) is 15.0. The molecule has 0 aliphatic rings. The van der Waals surface area contributed by atoms with Crippen molar-refractivity contribution in [3.8, 4) is 0 Å². The molecule has 0 spiro atoms. The van der Waals surface area contributed by atoms with Gasteiger partial charge in [-0.3, -0.25) is 4.66 Å². The molecule has 0 bridgehead atoms. The highest BCUT2D eigenvalue weighted by molar-refractivity contribution is 6.76. The van der Waals surface area contributed by atoms with Crippen LogP contribution in [0.4, 0.5) is 0 Å². The van der Waals surface area contributed by atoms with Gasteiger partial charge in [-0.1, -0.05) is 13.8 Å². The Morgan fingerprint density at radius 1 is 1.00 bits per heavy atom. The number of rotatable bonds is 3. The Morgan fingerprint density at radius 2 is 1.43 bits per heavy atom. The molecule has 0 radical (unpaired) electrons. The minimum Gasteiger partial charge on any atom is -0.535 e. The Hall–Kier alpha value is -0.0962. The van der Waals surface area contributed by atoms with Crippen molar-refractivity contribution in [3.63, 3.8) is 0 Å². The summed E-state index contributed by atoms with van der Waals surface area (Å²) in [6.07, 6.45) is 0. The van der Waals surface area contributed by atoms with Crippen molar-refractivity contribution >= 4 is 22.5 Å². The summed E-state index contributed by atoms with van der Waals surface area (Å²) in [4.78, 5) is 0. The molecule has 0 aromatic carbocycles. The number of nitrogens with zero attached hydrogens (tertiary/aromatic N) is 1. The Kier molecular flexibility index (Phi) is 4.58. The van der Waals surface area contributed by atoms with E-state index in [1.54, 1.807) is 0 Å². The van der Waals surface area contributed by atoms with Gasteiger partial charge >= 0.3 is 0 Å². The first-order valence-corrected chi connectivity index (χ1v) is 12.2. The van der Waals surface area contributed by atoms with Crippen molar-refractivity contribution in [1.82, 2.24) is 0 Å². The molecule has 0 aliphatic heterocycles. The maximum absolute atomic E-state index is 6.00. The molecule has 14 heavy (non-hydrogen) atoms. The third-order valence-electron chi connectivity index (χ3n) is 1.35. The van der Waals surface area contributed by atoms with Gasteiger partial charge in [0.2, 0.25) is 8.32 Å². The molecule has 2 nitrogen and oxygen atoms in total. The molecule has 0 saturated carbocycles. The van der Waals surface area contributed by atoms with Crippen LogP contribution in [-0.4, -0.2) is 22.5 Å². The van der Waals surface area contributed by atoms with Crippen LogP contribution in [0.3, 0.4) is 0 Å². The number of hydrogen-bond acceptors (Lipinski definition) is 2. The molecule has 0 aromatic heterocycles. The lowest BCUT2D eigenvalue weighted by atomic mass is 10.2. The van der Waals surface area contributed by atoms with E-state index in [0.29, 0.717) is 5.92 Å². The van der Waals surface area contributed by atoms with E-state index >= 15 is 0 Å². The van der Waals surface area contributed by atoms with E-state index in [1.807, 2.05) is 0 Å². The first-order valence-electron chi connectivity index (χ1n) is 5.30. The zero-order chi connectivity index (χ0) is 11.6. The molecular formula is C10H25NOSi2. The lowest BCUT2D eigenvalue weighted by Gasteiger charge is -2.25. The van der Waals surface area contributed by atoms with Gasteiger partial charge in [-0.15, -0.1) is 0 Å². The van der Waals surface area contributed by atoms with Crippen molar-refractivity contribution in [2.24, 2.45) is 10.6 Å². The minimum absolute atomic E-state index is 0.411. The molecule has 84 valence electrons. The average molecular weight is 231 g/mol. The van der Waals surface area contributed by atoms with Crippen LogP contribution in [0.15, 0.2) is 4.66 Å². The van der Waals surface area contributed by atoms with Gasteiger partial charge in [0.25, 0.3) is 0 Å². The summed E-state index contributed by atoms with van der Waals surface area (Å²) in [6, 6.07) is 0. The molecule has 0 aromatic rings. The summed E-state index contributed by atoms with van der Waals surface area (Å²) in [5, 5.41) is 0. The Labute approximate surface area is 91.0 Å². The van der Waals surface area contributed by atoms with Gasteiger partial charge in [-0.25, -0.2) is 0 Å². The maximum atomic E-state index is 6.00. The number of hydrogen-bond donors (Lipinski definition) is 0. The summed E-state index contributed by atoms with van der Waals surface area (Å²) in [7, 11) is -2.89. The SMILES string of the molecule is CC(C)/C(=N\[Si](C)(C)C)O[Si](C)(C)C. The largest absolute Gasteiger partial charge is 0.535 e. The Bertz CT molecular complexity index is 211. The second-order valence-electron chi connectivity index (χ2n) is 5.99. The molecule has 0 amide bonds. The maximum Gasteiger partial charge on any atom is 0.243 e. The molecule has 0 fully saturated rings. The Morgan fingerprint density at radius 3 is 1.64 bits per heavy atom. The third kappa shape index (κ3) is 7.32. The van der Waals surface area contributed by atoms with Crippen molar-refractivity contribution in [2.45, 2.75) is 53.1 Å². The summed E-state index contributed by atoms with van der Waals surface area (Å²) < 4.78 is 10.8. The highest BCUT2D eigenvalue weighted by Crippen LogP contribution is 2.13. The summed E-state index contributed by atoms with van der Waals surface area (Å²) >= 11 is 0. The predicted molar refractivity (Wildman–Crippen MR) is 70.1 cm³/mol. The fourth-order valence-electron chi connectivity index (χ4n) is 0.914. The van der Waals surface area contributed by atoms with E-state index in [0.717, 1.165) is 5.90 Å². The summed E-state index contributed by atoms with van der Waals surface area (Å²) in [5.74, 6) is 1.39. The molecular weight excluding hydrogens is 206 g/mol. The van der Waals surface area contributed by atoms with E-state index in [2.05, 4.69) is 53.1 Å². The van der Waals surface area contributed by atoms with E-state index < -0.39 is 16.6 Å². The molecule has 0 aliphatic carbocycles. The van der Waals surface area contributed by atoms with Crippen LogP contribution in [0.5, 0.6) is 0 Å². The standard InChI is InChI=1S/C10H25NOSi2/c1-9(2)10(11-13(3,4)5)12-14(6,7)8/h9H,1-8H3/b11-10+. The highest BCUT2D eigenvalue weighted by Gasteiger charge is 2.22. The fourth-order valence-corrected chi connectivity index (χ4v) is 2.88. The van der Waals surface area contributed by atoms with Crippen molar-refractivity contribution in [2.75, 3.05) is 0 Å². The molecule has 0 unspecified atom stereocenters. The first-order chi connectivity index (χ1) is 6.01. The smallest absolute Gasteiger partial charge is 0.243 e. The van der Waals surface area contributed by atoms with Crippen LogP contribution in [0.2, 0.25) is 39.3 Å². The van der Waals surface area contributed by atoms with Gasteiger partial charge in [-0.05, 0) is 39.3 Å². The molecule has 0 rings (SSSR count). The highest BCUT2D eigenvalue weighted by atomic mass is 28.4. The minimum atomic E-state index is -1.49. The van der Waals surface area contributed by atoms with Crippen LogP contribution in [-0.2, 0) is 4.43 Å². The van der Waals surface area contributed by atoms with Crippen LogP contribution in [0.25, 0.3) is 0 Å². The zero-order valence-corrected chi connectivity index (χ0v) is 12.9. The van der Waals surface area contributed by atoms with Crippen LogP contribution >= 0.6 is 0 Å². The molecule has 4 heteroatoms. The Balaban J connectivity index is 4.71. The molecule has 0 atom stereocenters. The van der Waals surface area contributed by atoms with E-state index in [-0.39, 0.29) is 0 Å². The zero-order valence-electron chi connectivity index (χ0n) is 10.9. The predicted octanol–water partition coefficient (Wildman–Crippen LogP) is 3.73. The average Bonchev–Trinajstić information content (AvgIpc) is 1.78. The second kappa shape index (κ2) is 4.62. The van der Waals surface area contributed by atoms with Crippen LogP contribution in [0.1, 0.15) is 13.8 Å². The lowest BCUT2D eigenvalue weighted by Crippen LogP contribution is -2.34. The van der Waals surface area contributed by atoms with Gasteiger partial charge in [0, 0.05) is 5.92 Å². The molecule has 0 N–H and O–H groups in total. The molecule has 0 saturated heterocycles. The quantitative estimate of drug-likeness (QED) is 0.412. The van der Waals surface area contributed by atoms with Crippen LogP contribution < -0.4 is 0 Å². The van der Waals surface area contributed by atoms with Gasteiger partial charge in [0.1, 0.15) is 0 Å². The normalized spacial score (nSPS) is 14.8. The van der Waals surface area contributed by atoms with Gasteiger partial charge in [0.05, 0.1) is 0 Å². The van der Waals surface area contributed by atoms with Crippen molar-refractivity contribution in [3.05, 3.63) is 0 Å². The molecule has 0 heterocycles. The van der Waals surface area contributed by atoms with E-state index in [9.17, 15) is 0 Å². The van der Waals surface area contributed by atoms with E-state index in [1.165, 1.54) is 0 Å². The topological polar surface area (TPSA) is 21.6 Å². The third-order valence-corrected chi connectivity index (χ3v) is 3.06. The lowest BCUT2D eigenvalue weighted by molar-refractivity contribution is 0.507. The fraction of sp³-hybridized carbons (Fsp3) is 0.900. The van der Waals surface area contributed by atoms with Gasteiger partial charge in [0.15, 0.2) is 14.1 Å². The first kappa shape index (κ1) is 13.9. The van der Waals surface area contributed by atoms with Crippen LogP contribution in [0, 0.1) is 5.92 Å². The van der Waals surface area contributed by atoms with Gasteiger partial charge in [-0.2, -0.15) is 0 Å². The summed E-state index contributed by atoms with van der Waals surface area (Å²) in [5.41, 5.74) is 0. The monoisotopic (exact) mass is 231 g/mol. The van der Waals surface area contributed by atoms with E-state index in [4.69, 9.17) is 9.08 Å². The van der Waals surface area contributed by atoms with Crippen molar-refractivity contribution in [1.29, 1.82) is 0 Å².